The molecule has 2 aromatic carbocycles. The Morgan fingerprint density at radius 3 is 2.68 bits per heavy atom. The Balaban J connectivity index is 2.15. The fraction of sp³-hybridized carbons (Fsp3) is 0.133. The maximum Gasteiger partial charge on any atom is 0.257 e. The van der Waals surface area contributed by atoms with Gasteiger partial charge >= 0.3 is 0 Å². The number of carbonyl (C=O) groups excluding carboxylic acids is 1. The zero-order chi connectivity index (χ0) is 13.7. The van der Waals surface area contributed by atoms with Gasteiger partial charge in [0.2, 0.25) is 0 Å². The normalized spacial score (nSPS) is 10.2. The van der Waals surface area contributed by atoms with E-state index in [-0.39, 0.29) is 5.91 Å². The van der Waals surface area contributed by atoms with Crippen LogP contribution in [0.15, 0.2) is 48.5 Å². The highest BCUT2D eigenvalue weighted by Crippen LogP contribution is 2.17. The Labute approximate surface area is 117 Å². The quantitative estimate of drug-likeness (QED) is 0.898. The highest BCUT2D eigenvalue weighted by atomic mass is 35.5. The second-order valence-electron chi connectivity index (χ2n) is 4.16. The summed E-state index contributed by atoms with van der Waals surface area (Å²) in [6.45, 7) is 0.760. The van der Waals surface area contributed by atoms with E-state index < -0.39 is 0 Å². The topological polar surface area (TPSA) is 41.1 Å². The Kier molecular flexibility index (Phi) is 4.55. The molecule has 2 aromatic rings. The van der Waals surface area contributed by atoms with Crippen LogP contribution in [0, 0.1) is 0 Å². The summed E-state index contributed by atoms with van der Waals surface area (Å²) in [4.78, 5) is 12.1. The molecule has 0 atom stereocenters. The van der Waals surface area contributed by atoms with Gasteiger partial charge in [0, 0.05) is 12.2 Å². The molecule has 98 valence electrons. The number of hydrogen-bond donors (Lipinski definition) is 2. The minimum Gasteiger partial charge on any atom is -0.322 e. The van der Waals surface area contributed by atoms with Gasteiger partial charge < -0.3 is 10.6 Å². The molecule has 0 saturated heterocycles. The molecule has 0 unspecified atom stereocenters. The first-order valence-corrected chi connectivity index (χ1v) is 6.38. The van der Waals surface area contributed by atoms with Crippen LogP contribution in [-0.2, 0) is 6.54 Å². The molecule has 0 aromatic heterocycles. The predicted molar refractivity (Wildman–Crippen MR) is 78.6 cm³/mol. The van der Waals surface area contributed by atoms with Crippen molar-refractivity contribution < 1.29 is 4.79 Å². The molecule has 4 heteroatoms. The van der Waals surface area contributed by atoms with Gasteiger partial charge in [-0.1, -0.05) is 35.9 Å². The van der Waals surface area contributed by atoms with Crippen molar-refractivity contribution in [1.82, 2.24) is 5.32 Å². The molecule has 2 rings (SSSR count). The average Bonchev–Trinajstić information content (AvgIpc) is 2.40. The summed E-state index contributed by atoms with van der Waals surface area (Å²) in [5.74, 6) is -0.202. The number of carbonyl (C=O) groups is 1. The standard InChI is InChI=1S/C15H15ClN2O/c1-17-10-11-5-4-6-12(9-11)18-15(19)13-7-2-3-8-14(13)16/h2-9,17H,10H2,1H3,(H,18,19). The van der Waals surface area contributed by atoms with Crippen LogP contribution in [-0.4, -0.2) is 13.0 Å². The first-order chi connectivity index (χ1) is 9.20. The predicted octanol–water partition coefficient (Wildman–Crippen LogP) is 3.31. The zero-order valence-corrected chi connectivity index (χ0v) is 11.4. The van der Waals surface area contributed by atoms with Gasteiger partial charge in [-0.25, -0.2) is 0 Å². The summed E-state index contributed by atoms with van der Waals surface area (Å²) < 4.78 is 0. The van der Waals surface area contributed by atoms with Crippen molar-refractivity contribution in [3.8, 4) is 0 Å². The van der Waals surface area contributed by atoms with Gasteiger partial charge in [0.1, 0.15) is 0 Å². The van der Waals surface area contributed by atoms with Crippen molar-refractivity contribution in [1.29, 1.82) is 0 Å². The molecule has 1 amide bonds. The number of benzene rings is 2. The molecule has 0 bridgehead atoms. The summed E-state index contributed by atoms with van der Waals surface area (Å²) in [5, 5.41) is 6.37. The maximum absolute atomic E-state index is 12.1. The second kappa shape index (κ2) is 6.36. The van der Waals surface area contributed by atoms with E-state index in [1.807, 2.05) is 31.3 Å². The van der Waals surface area contributed by atoms with E-state index in [1.165, 1.54) is 0 Å². The van der Waals surface area contributed by atoms with Crippen LogP contribution in [0.25, 0.3) is 0 Å². The van der Waals surface area contributed by atoms with E-state index in [2.05, 4.69) is 10.6 Å². The van der Waals surface area contributed by atoms with Crippen LogP contribution < -0.4 is 10.6 Å². The molecule has 0 fully saturated rings. The second-order valence-corrected chi connectivity index (χ2v) is 4.57. The molecule has 19 heavy (non-hydrogen) atoms. The van der Waals surface area contributed by atoms with Crippen molar-refractivity contribution in [2.45, 2.75) is 6.54 Å². The van der Waals surface area contributed by atoms with Gasteiger partial charge in [-0.15, -0.1) is 0 Å². The Morgan fingerprint density at radius 1 is 1.16 bits per heavy atom. The van der Waals surface area contributed by atoms with Gasteiger partial charge in [-0.3, -0.25) is 4.79 Å². The molecule has 0 heterocycles. The van der Waals surface area contributed by atoms with Gasteiger partial charge in [-0.2, -0.15) is 0 Å². The minimum absolute atomic E-state index is 0.202. The van der Waals surface area contributed by atoms with E-state index in [0.29, 0.717) is 10.6 Å². The number of anilines is 1. The zero-order valence-electron chi connectivity index (χ0n) is 10.6. The van der Waals surface area contributed by atoms with Crippen molar-refractivity contribution in [3.05, 3.63) is 64.7 Å². The Bertz CT molecular complexity index is 584. The van der Waals surface area contributed by atoms with Crippen LogP contribution in [0.5, 0.6) is 0 Å². The molecule has 2 N–H and O–H groups in total. The van der Waals surface area contributed by atoms with Crippen LogP contribution in [0.1, 0.15) is 15.9 Å². The smallest absolute Gasteiger partial charge is 0.257 e. The number of halogens is 1. The lowest BCUT2D eigenvalue weighted by molar-refractivity contribution is 0.102. The molecule has 0 spiro atoms. The Morgan fingerprint density at radius 2 is 1.95 bits per heavy atom. The largest absolute Gasteiger partial charge is 0.322 e. The van der Waals surface area contributed by atoms with Gasteiger partial charge in [0.05, 0.1) is 10.6 Å². The van der Waals surface area contributed by atoms with Crippen molar-refractivity contribution in [3.63, 3.8) is 0 Å². The SMILES string of the molecule is CNCc1cccc(NC(=O)c2ccccc2Cl)c1. The van der Waals surface area contributed by atoms with Gasteiger partial charge in [0.25, 0.3) is 5.91 Å². The number of rotatable bonds is 4. The lowest BCUT2D eigenvalue weighted by Gasteiger charge is -2.08. The van der Waals surface area contributed by atoms with E-state index >= 15 is 0 Å². The fourth-order valence-corrected chi connectivity index (χ4v) is 2.03. The first kappa shape index (κ1) is 13.6. The van der Waals surface area contributed by atoms with E-state index in [1.54, 1.807) is 24.3 Å². The summed E-state index contributed by atoms with van der Waals surface area (Å²) >= 11 is 6.00. The maximum atomic E-state index is 12.1. The van der Waals surface area contributed by atoms with Crippen LogP contribution in [0.2, 0.25) is 5.02 Å². The fourth-order valence-electron chi connectivity index (χ4n) is 1.81. The van der Waals surface area contributed by atoms with Crippen LogP contribution in [0.3, 0.4) is 0 Å². The molecule has 0 saturated carbocycles. The lowest BCUT2D eigenvalue weighted by atomic mass is 10.1. The summed E-state index contributed by atoms with van der Waals surface area (Å²) in [5.41, 5.74) is 2.35. The first-order valence-electron chi connectivity index (χ1n) is 6.00. The van der Waals surface area contributed by atoms with E-state index in [0.717, 1.165) is 17.8 Å². The summed E-state index contributed by atoms with van der Waals surface area (Å²) in [6.07, 6.45) is 0. The number of amides is 1. The van der Waals surface area contributed by atoms with Gasteiger partial charge in [-0.05, 0) is 36.9 Å². The third kappa shape index (κ3) is 3.56. The highest BCUT2D eigenvalue weighted by molar-refractivity contribution is 6.34. The van der Waals surface area contributed by atoms with Crippen molar-refractivity contribution in [2.24, 2.45) is 0 Å². The Hall–Kier alpha value is -1.84. The summed E-state index contributed by atoms with van der Waals surface area (Å²) in [7, 11) is 1.88. The summed E-state index contributed by atoms with van der Waals surface area (Å²) in [6, 6.07) is 14.7. The molecular weight excluding hydrogens is 260 g/mol. The average molecular weight is 275 g/mol. The molecule has 0 aliphatic rings. The third-order valence-electron chi connectivity index (χ3n) is 2.68. The van der Waals surface area contributed by atoms with Crippen LogP contribution in [0.4, 0.5) is 5.69 Å². The minimum atomic E-state index is -0.202. The van der Waals surface area contributed by atoms with Crippen molar-refractivity contribution >= 4 is 23.2 Å². The highest BCUT2D eigenvalue weighted by Gasteiger charge is 2.09. The molecule has 0 aliphatic carbocycles. The number of nitrogens with one attached hydrogen (secondary N) is 2. The lowest BCUT2D eigenvalue weighted by Crippen LogP contribution is -2.13. The van der Waals surface area contributed by atoms with Gasteiger partial charge in [0.15, 0.2) is 0 Å². The molecule has 0 aliphatic heterocycles. The third-order valence-corrected chi connectivity index (χ3v) is 3.01. The molecule has 0 radical (unpaired) electrons. The van der Waals surface area contributed by atoms with Crippen molar-refractivity contribution in [2.75, 3.05) is 12.4 Å². The van der Waals surface area contributed by atoms with E-state index in [4.69, 9.17) is 11.6 Å². The number of hydrogen-bond acceptors (Lipinski definition) is 2. The van der Waals surface area contributed by atoms with Crippen LogP contribution >= 0.6 is 11.6 Å². The monoisotopic (exact) mass is 274 g/mol. The molecular formula is C15H15ClN2O. The van der Waals surface area contributed by atoms with E-state index in [9.17, 15) is 4.79 Å². The molecule has 3 nitrogen and oxygen atoms in total.